The predicted molar refractivity (Wildman–Crippen MR) is 74.8 cm³/mol. The van der Waals surface area contributed by atoms with Crippen molar-refractivity contribution in [2.24, 2.45) is 0 Å². The summed E-state index contributed by atoms with van der Waals surface area (Å²) >= 11 is 5.34. The molecule has 1 unspecified atom stereocenters. The smallest absolute Gasteiger partial charge is 0.0621 e. The Balaban J connectivity index is 2.35. The van der Waals surface area contributed by atoms with Crippen LogP contribution in [0.4, 0.5) is 0 Å². The van der Waals surface area contributed by atoms with Crippen LogP contribution in [0, 0.1) is 13.8 Å². The van der Waals surface area contributed by atoms with Crippen molar-refractivity contribution < 1.29 is 5.11 Å². The Labute approximate surface area is 111 Å². The normalized spacial score (nSPS) is 11.8. The summed E-state index contributed by atoms with van der Waals surface area (Å²) in [6.45, 7) is 7.51. The van der Waals surface area contributed by atoms with Crippen molar-refractivity contribution >= 4 is 27.7 Å². The molecule has 89 valence electrons. The summed E-state index contributed by atoms with van der Waals surface area (Å²) in [6, 6.07) is 6.39. The molecular weight excluding hydrogens is 284 g/mol. The van der Waals surface area contributed by atoms with Crippen LogP contribution in [0.1, 0.15) is 25.3 Å². The van der Waals surface area contributed by atoms with E-state index in [1.807, 2.05) is 11.8 Å². The fourth-order valence-corrected chi connectivity index (χ4v) is 2.73. The molecule has 0 saturated heterocycles. The molecule has 0 saturated carbocycles. The average molecular weight is 302 g/mol. The van der Waals surface area contributed by atoms with Gasteiger partial charge in [-0.3, -0.25) is 0 Å². The van der Waals surface area contributed by atoms with E-state index < -0.39 is 5.60 Å². The fourth-order valence-electron chi connectivity index (χ4n) is 1.31. The molecule has 1 radical (unpaired) electrons. The van der Waals surface area contributed by atoms with Crippen molar-refractivity contribution in [2.45, 2.75) is 37.2 Å². The highest BCUT2D eigenvalue weighted by Crippen LogP contribution is 2.26. The van der Waals surface area contributed by atoms with E-state index in [-0.39, 0.29) is 0 Å². The van der Waals surface area contributed by atoms with Gasteiger partial charge in [-0.25, -0.2) is 0 Å². The molecule has 0 aliphatic rings. The minimum atomic E-state index is -0.783. The molecule has 1 nitrogen and oxygen atoms in total. The van der Waals surface area contributed by atoms with Crippen molar-refractivity contribution in [3.8, 4) is 0 Å². The molecule has 0 bridgehead atoms. The highest BCUT2D eigenvalue weighted by Gasteiger charge is 2.11. The minimum Gasteiger partial charge on any atom is -0.390 e. The van der Waals surface area contributed by atoms with Gasteiger partial charge in [0, 0.05) is 9.37 Å². The van der Waals surface area contributed by atoms with Crippen molar-refractivity contribution in [3.63, 3.8) is 0 Å². The first-order chi connectivity index (χ1) is 7.38. The Morgan fingerprint density at radius 2 is 2.19 bits per heavy atom. The molecule has 0 aliphatic carbocycles. The second-order valence-electron chi connectivity index (χ2n) is 4.36. The highest BCUT2D eigenvalue weighted by molar-refractivity contribution is 9.10. The molecule has 1 rings (SSSR count). The molecule has 0 aliphatic heterocycles. The van der Waals surface area contributed by atoms with Crippen LogP contribution in [0.3, 0.4) is 0 Å². The minimum absolute atomic E-state index is 0.743. The van der Waals surface area contributed by atoms with Crippen molar-refractivity contribution in [3.05, 3.63) is 35.2 Å². The molecule has 1 atom stereocenters. The van der Waals surface area contributed by atoms with Gasteiger partial charge in [0.1, 0.15) is 0 Å². The van der Waals surface area contributed by atoms with E-state index in [2.05, 4.69) is 48.0 Å². The molecule has 0 amide bonds. The van der Waals surface area contributed by atoms with Gasteiger partial charge in [-0.1, -0.05) is 22.0 Å². The quantitative estimate of drug-likeness (QED) is 0.649. The van der Waals surface area contributed by atoms with E-state index in [0.29, 0.717) is 0 Å². The van der Waals surface area contributed by atoms with Gasteiger partial charge < -0.3 is 5.11 Å². The maximum absolute atomic E-state index is 9.47. The summed E-state index contributed by atoms with van der Waals surface area (Å²) in [4.78, 5) is 1.26. The van der Waals surface area contributed by atoms with Gasteiger partial charge >= 0.3 is 0 Å². The van der Waals surface area contributed by atoms with E-state index in [0.717, 1.165) is 23.1 Å². The Morgan fingerprint density at radius 1 is 1.50 bits per heavy atom. The summed E-state index contributed by atoms with van der Waals surface area (Å²) in [6.07, 6.45) is 1.72. The lowest BCUT2D eigenvalue weighted by Gasteiger charge is -2.15. The van der Waals surface area contributed by atoms with Crippen LogP contribution < -0.4 is 0 Å². The maximum atomic E-state index is 9.47. The van der Waals surface area contributed by atoms with Crippen LogP contribution in [0.2, 0.25) is 0 Å². The summed E-state index contributed by atoms with van der Waals surface area (Å²) < 4.78 is 1.15. The van der Waals surface area contributed by atoms with Gasteiger partial charge in [-0.15, -0.1) is 11.8 Å². The standard InChI is InChI=1S/C13H18BrOS/c1-10-5-6-11(9-12(10)14)16-8-4-7-13(2,3)15/h5-6,9,15H,2,4,7-8H2,1,3H3. The van der Waals surface area contributed by atoms with E-state index in [1.54, 1.807) is 6.92 Å². The van der Waals surface area contributed by atoms with Crippen LogP contribution in [0.15, 0.2) is 27.6 Å². The van der Waals surface area contributed by atoms with Crippen LogP contribution in [0.25, 0.3) is 0 Å². The molecule has 0 fully saturated rings. The zero-order chi connectivity index (χ0) is 12.2. The zero-order valence-corrected chi connectivity index (χ0v) is 12.2. The van der Waals surface area contributed by atoms with Gasteiger partial charge in [0.15, 0.2) is 0 Å². The highest BCUT2D eigenvalue weighted by atomic mass is 79.9. The summed E-state index contributed by atoms with van der Waals surface area (Å²) in [5.41, 5.74) is 0.471. The second kappa shape index (κ2) is 6.08. The maximum Gasteiger partial charge on any atom is 0.0621 e. The number of benzene rings is 1. The zero-order valence-electron chi connectivity index (χ0n) is 9.79. The average Bonchev–Trinajstić information content (AvgIpc) is 2.17. The first-order valence-corrected chi connectivity index (χ1v) is 7.13. The molecule has 1 N–H and O–H groups in total. The Bertz CT molecular complexity index is 344. The van der Waals surface area contributed by atoms with Gasteiger partial charge in [-0.2, -0.15) is 0 Å². The molecule has 3 heteroatoms. The third-order valence-electron chi connectivity index (χ3n) is 2.27. The van der Waals surface area contributed by atoms with Crippen LogP contribution in [-0.4, -0.2) is 16.5 Å². The van der Waals surface area contributed by atoms with Crippen molar-refractivity contribution in [2.75, 3.05) is 5.75 Å². The summed E-state index contributed by atoms with van der Waals surface area (Å²) in [7, 11) is 0. The predicted octanol–water partition coefficient (Wildman–Crippen LogP) is 4.21. The molecule has 0 heterocycles. The third-order valence-corrected chi connectivity index (χ3v) is 4.21. The van der Waals surface area contributed by atoms with Gasteiger partial charge in [-0.05, 0) is 57.1 Å². The summed E-state index contributed by atoms with van der Waals surface area (Å²) in [5.74, 6) is 1.02. The van der Waals surface area contributed by atoms with E-state index in [1.165, 1.54) is 10.5 Å². The second-order valence-corrected chi connectivity index (χ2v) is 6.38. The van der Waals surface area contributed by atoms with Crippen molar-refractivity contribution in [1.82, 2.24) is 0 Å². The number of halogens is 1. The van der Waals surface area contributed by atoms with Gasteiger partial charge in [0.25, 0.3) is 0 Å². The van der Waals surface area contributed by atoms with E-state index in [9.17, 15) is 5.11 Å². The Morgan fingerprint density at radius 3 is 2.75 bits per heavy atom. The molecule has 0 spiro atoms. The molecule has 16 heavy (non-hydrogen) atoms. The molecule has 1 aromatic rings. The number of thioether (sulfide) groups is 1. The lowest BCUT2D eigenvalue weighted by molar-refractivity contribution is 0.0983. The molecule has 0 aromatic heterocycles. The Kier molecular flexibility index (Phi) is 5.35. The molecular formula is C13H18BrOS. The van der Waals surface area contributed by atoms with E-state index >= 15 is 0 Å². The van der Waals surface area contributed by atoms with Crippen LogP contribution in [-0.2, 0) is 0 Å². The number of hydrogen-bond acceptors (Lipinski definition) is 2. The van der Waals surface area contributed by atoms with Gasteiger partial charge in [0.2, 0.25) is 0 Å². The number of hydrogen-bond donors (Lipinski definition) is 1. The summed E-state index contributed by atoms with van der Waals surface area (Å²) in [5, 5.41) is 9.47. The number of rotatable bonds is 5. The third kappa shape index (κ3) is 5.37. The van der Waals surface area contributed by atoms with Gasteiger partial charge in [0.05, 0.1) is 5.60 Å². The largest absolute Gasteiger partial charge is 0.390 e. The number of aliphatic hydroxyl groups is 1. The lowest BCUT2D eigenvalue weighted by Crippen LogP contribution is -2.18. The monoisotopic (exact) mass is 301 g/mol. The van der Waals surface area contributed by atoms with Crippen molar-refractivity contribution in [1.29, 1.82) is 0 Å². The fraction of sp³-hybridized carbons (Fsp3) is 0.462. The first kappa shape index (κ1) is 14.1. The molecule has 1 aromatic carbocycles. The number of aryl methyl sites for hydroxylation is 1. The van der Waals surface area contributed by atoms with Crippen LogP contribution >= 0.6 is 27.7 Å². The van der Waals surface area contributed by atoms with E-state index in [4.69, 9.17) is 0 Å². The first-order valence-electron chi connectivity index (χ1n) is 5.35. The Hall–Kier alpha value is 0.01000. The SMILES string of the molecule is [CH2]C(C)(O)CCCSc1ccc(C)c(Br)c1. The lowest BCUT2D eigenvalue weighted by atomic mass is 10.0. The van der Waals surface area contributed by atoms with Crippen LogP contribution in [0.5, 0.6) is 0 Å². The topological polar surface area (TPSA) is 20.2 Å².